The summed E-state index contributed by atoms with van der Waals surface area (Å²) in [5.74, 6) is 0.661. The summed E-state index contributed by atoms with van der Waals surface area (Å²) in [6.45, 7) is 6.23. The SMILES string of the molecule is CC(C)CC(N)CNCCc1csc(-c2ccccc2)n1. The summed E-state index contributed by atoms with van der Waals surface area (Å²) >= 11 is 1.71. The van der Waals surface area contributed by atoms with Crippen molar-refractivity contribution in [1.29, 1.82) is 0 Å². The van der Waals surface area contributed by atoms with Gasteiger partial charge in [-0.15, -0.1) is 11.3 Å². The van der Waals surface area contributed by atoms with Crippen molar-refractivity contribution in [3.05, 3.63) is 41.4 Å². The Hall–Kier alpha value is -1.23. The van der Waals surface area contributed by atoms with E-state index in [-0.39, 0.29) is 6.04 Å². The van der Waals surface area contributed by atoms with Crippen LogP contribution in [0.1, 0.15) is 26.0 Å². The molecule has 3 N–H and O–H groups in total. The lowest BCUT2D eigenvalue weighted by atomic mass is 10.0. The van der Waals surface area contributed by atoms with Gasteiger partial charge in [-0.2, -0.15) is 0 Å². The molecule has 1 unspecified atom stereocenters. The molecule has 0 aliphatic heterocycles. The molecular weight excluding hydrogens is 278 g/mol. The third-order valence-electron chi connectivity index (χ3n) is 3.31. The third kappa shape index (κ3) is 5.58. The fourth-order valence-electron chi connectivity index (χ4n) is 2.33. The van der Waals surface area contributed by atoms with E-state index in [1.54, 1.807) is 11.3 Å². The maximum atomic E-state index is 6.06. The molecule has 1 heterocycles. The second-order valence-electron chi connectivity index (χ2n) is 5.85. The van der Waals surface area contributed by atoms with Gasteiger partial charge in [-0.25, -0.2) is 4.98 Å². The summed E-state index contributed by atoms with van der Waals surface area (Å²) in [6.07, 6.45) is 2.03. The van der Waals surface area contributed by atoms with Gasteiger partial charge in [0.1, 0.15) is 5.01 Å². The maximum Gasteiger partial charge on any atom is 0.123 e. The molecule has 0 spiro atoms. The summed E-state index contributed by atoms with van der Waals surface area (Å²) in [5, 5.41) is 6.68. The molecule has 2 aromatic rings. The normalized spacial score (nSPS) is 12.8. The molecule has 1 aromatic heterocycles. The minimum atomic E-state index is 0.250. The molecule has 0 fully saturated rings. The molecule has 1 aromatic carbocycles. The number of hydrogen-bond acceptors (Lipinski definition) is 4. The van der Waals surface area contributed by atoms with Crippen molar-refractivity contribution >= 4 is 11.3 Å². The number of benzene rings is 1. The Kier molecular flexibility index (Phi) is 6.36. The molecule has 1 atom stereocenters. The van der Waals surface area contributed by atoms with Gasteiger partial charge in [-0.3, -0.25) is 0 Å². The molecule has 0 bridgehead atoms. The summed E-state index contributed by atoms with van der Waals surface area (Å²) in [6, 6.07) is 10.6. The van der Waals surface area contributed by atoms with Gasteiger partial charge in [0.15, 0.2) is 0 Å². The van der Waals surface area contributed by atoms with Crippen molar-refractivity contribution < 1.29 is 0 Å². The van der Waals surface area contributed by atoms with Crippen molar-refractivity contribution in [1.82, 2.24) is 10.3 Å². The highest BCUT2D eigenvalue weighted by molar-refractivity contribution is 7.13. The Morgan fingerprint density at radius 3 is 2.71 bits per heavy atom. The summed E-state index contributed by atoms with van der Waals surface area (Å²) < 4.78 is 0. The van der Waals surface area contributed by atoms with Gasteiger partial charge in [-0.05, 0) is 12.3 Å². The third-order valence-corrected chi connectivity index (χ3v) is 4.25. The lowest BCUT2D eigenvalue weighted by molar-refractivity contribution is 0.468. The van der Waals surface area contributed by atoms with Gasteiger partial charge in [0.25, 0.3) is 0 Å². The highest BCUT2D eigenvalue weighted by Gasteiger charge is 2.06. The van der Waals surface area contributed by atoms with E-state index in [2.05, 4.69) is 36.7 Å². The summed E-state index contributed by atoms with van der Waals surface area (Å²) in [4.78, 5) is 4.69. The van der Waals surface area contributed by atoms with Crippen LogP contribution in [-0.4, -0.2) is 24.1 Å². The molecular formula is C17H25N3S. The number of hydrogen-bond donors (Lipinski definition) is 2. The molecule has 0 amide bonds. The van der Waals surface area contributed by atoms with Crippen LogP contribution in [-0.2, 0) is 6.42 Å². The monoisotopic (exact) mass is 303 g/mol. The van der Waals surface area contributed by atoms with Crippen LogP contribution in [0.25, 0.3) is 10.6 Å². The number of thiazole rings is 1. The van der Waals surface area contributed by atoms with Crippen LogP contribution < -0.4 is 11.1 Å². The lowest BCUT2D eigenvalue weighted by Crippen LogP contribution is -2.35. The highest BCUT2D eigenvalue weighted by Crippen LogP contribution is 2.23. The highest BCUT2D eigenvalue weighted by atomic mass is 32.1. The molecule has 114 valence electrons. The molecule has 0 saturated carbocycles. The average Bonchev–Trinajstić information content (AvgIpc) is 2.93. The summed E-state index contributed by atoms with van der Waals surface area (Å²) in [7, 11) is 0. The fraction of sp³-hybridized carbons (Fsp3) is 0.471. The number of nitrogens with one attached hydrogen (secondary N) is 1. The molecule has 0 aliphatic rings. The zero-order chi connectivity index (χ0) is 15.1. The first-order valence-corrected chi connectivity index (χ1v) is 8.49. The quantitative estimate of drug-likeness (QED) is 0.736. The van der Waals surface area contributed by atoms with Crippen molar-refractivity contribution in [2.24, 2.45) is 11.7 Å². The Bertz CT molecular complexity index is 522. The van der Waals surface area contributed by atoms with E-state index in [9.17, 15) is 0 Å². The predicted octanol–water partition coefficient (Wildman–Crippen LogP) is 3.32. The van der Waals surface area contributed by atoms with Crippen molar-refractivity contribution in [2.45, 2.75) is 32.7 Å². The number of nitrogens with two attached hydrogens (primary N) is 1. The number of nitrogens with zero attached hydrogens (tertiary/aromatic N) is 1. The zero-order valence-electron chi connectivity index (χ0n) is 12.9. The van der Waals surface area contributed by atoms with Crippen molar-refractivity contribution in [2.75, 3.05) is 13.1 Å². The predicted molar refractivity (Wildman–Crippen MR) is 91.6 cm³/mol. The molecule has 0 radical (unpaired) electrons. The molecule has 0 aliphatic carbocycles. The van der Waals surface area contributed by atoms with E-state index < -0.39 is 0 Å². The molecule has 21 heavy (non-hydrogen) atoms. The summed E-state index contributed by atoms with van der Waals surface area (Å²) in [5.41, 5.74) is 8.41. The first-order chi connectivity index (χ1) is 10.1. The molecule has 0 saturated heterocycles. The second-order valence-corrected chi connectivity index (χ2v) is 6.71. The molecule has 3 nitrogen and oxygen atoms in total. The number of rotatable bonds is 8. The van der Waals surface area contributed by atoms with Crippen LogP contribution in [0.15, 0.2) is 35.7 Å². The van der Waals surface area contributed by atoms with Crippen molar-refractivity contribution in [3.63, 3.8) is 0 Å². The second kappa shape index (κ2) is 8.27. The van der Waals surface area contributed by atoms with Gasteiger partial charge in [-0.1, -0.05) is 44.2 Å². The van der Waals surface area contributed by atoms with Crippen LogP contribution in [0.4, 0.5) is 0 Å². The lowest BCUT2D eigenvalue weighted by Gasteiger charge is -2.14. The Balaban J connectivity index is 1.74. The van der Waals surface area contributed by atoms with E-state index in [0.717, 1.165) is 36.6 Å². The minimum absolute atomic E-state index is 0.250. The van der Waals surface area contributed by atoms with Gasteiger partial charge >= 0.3 is 0 Å². The van der Waals surface area contributed by atoms with E-state index in [1.165, 1.54) is 5.56 Å². The Morgan fingerprint density at radius 2 is 2.00 bits per heavy atom. The Labute approximate surface area is 131 Å². The first kappa shape index (κ1) is 16.1. The Morgan fingerprint density at radius 1 is 1.24 bits per heavy atom. The molecule has 4 heteroatoms. The van der Waals surface area contributed by atoms with Crippen LogP contribution in [0, 0.1) is 5.92 Å². The van der Waals surface area contributed by atoms with Crippen LogP contribution in [0.5, 0.6) is 0 Å². The topological polar surface area (TPSA) is 50.9 Å². The van der Waals surface area contributed by atoms with Crippen molar-refractivity contribution in [3.8, 4) is 10.6 Å². The fourth-order valence-corrected chi connectivity index (χ4v) is 3.19. The van der Waals surface area contributed by atoms with E-state index in [0.29, 0.717) is 5.92 Å². The van der Waals surface area contributed by atoms with Crippen LogP contribution in [0.2, 0.25) is 0 Å². The molecule has 2 rings (SSSR count). The smallest absolute Gasteiger partial charge is 0.123 e. The van der Waals surface area contributed by atoms with Gasteiger partial charge in [0.05, 0.1) is 5.69 Å². The van der Waals surface area contributed by atoms with Gasteiger partial charge < -0.3 is 11.1 Å². The van der Waals surface area contributed by atoms with E-state index in [1.807, 2.05) is 18.2 Å². The van der Waals surface area contributed by atoms with E-state index >= 15 is 0 Å². The zero-order valence-corrected chi connectivity index (χ0v) is 13.7. The minimum Gasteiger partial charge on any atom is -0.327 e. The maximum absolute atomic E-state index is 6.06. The number of aromatic nitrogens is 1. The van der Waals surface area contributed by atoms with Gasteiger partial charge in [0.2, 0.25) is 0 Å². The first-order valence-electron chi connectivity index (χ1n) is 7.61. The van der Waals surface area contributed by atoms with Crippen LogP contribution >= 0.6 is 11.3 Å². The van der Waals surface area contributed by atoms with Crippen LogP contribution in [0.3, 0.4) is 0 Å². The average molecular weight is 303 g/mol. The largest absolute Gasteiger partial charge is 0.327 e. The standard InChI is InChI=1S/C17H25N3S/c1-13(2)10-15(18)11-19-9-8-16-12-21-17(20-16)14-6-4-3-5-7-14/h3-7,12-13,15,19H,8-11,18H2,1-2H3. The van der Waals surface area contributed by atoms with E-state index in [4.69, 9.17) is 10.7 Å². The van der Waals surface area contributed by atoms with Gasteiger partial charge in [0, 0.05) is 36.5 Å².